The van der Waals surface area contributed by atoms with Crippen molar-refractivity contribution < 1.29 is 4.42 Å². The summed E-state index contributed by atoms with van der Waals surface area (Å²) in [6.07, 6.45) is 1.58. The zero-order valence-corrected chi connectivity index (χ0v) is 13.6. The largest absolute Gasteiger partial charge is 0.463 e. The molecule has 0 amide bonds. The molecule has 0 bridgehead atoms. The smallest absolute Gasteiger partial charge is 0.222 e. The van der Waals surface area contributed by atoms with E-state index in [1.807, 2.05) is 17.6 Å². The summed E-state index contributed by atoms with van der Waals surface area (Å²) in [6, 6.07) is 9.73. The highest BCUT2D eigenvalue weighted by atomic mass is 32.1. The summed E-state index contributed by atoms with van der Waals surface area (Å²) in [4.78, 5) is 12.9. The van der Waals surface area contributed by atoms with Crippen LogP contribution < -0.4 is 5.73 Å². The molecule has 0 aliphatic rings. The number of nitrogen functional groups attached to an aromatic ring is 1. The number of nitrogens with two attached hydrogens (primary N) is 1. The molecular weight excluding hydrogens is 338 g/mol. The number of benzene rings is 1. The van der Waals surface area contributed by atoms with Gasteiger partial charge in [-0.25, -0.2) is 14.6 Å². The molecule has 0 radical (unpaired) electrons. The van der Waals surface area contributed by atoms with E-state index in [1.165, 1.54) is 0 Å². The fourth-order valence-electron chi connectivity index (χ4n) is 2.74. The van der Waals surface area contributed by atoms with E-state index < -0.39 is 0 Å². The highest BCUT2D eigenvalue weighted by molar-refractivity contribution is 7.16. The van der Waals surface area contributed by atoms with Crippen molar-refractivity contribution in [3.05, 3.63) is 47.7 Å². The third-order valence-electron chi connectivity index (χ3n) is 3.86. The Bertz CT molecular complexity index is 1190. The third kappa shape index (κ3) is 2.32. The van der Waals surface area contributed by atoms with Crippen LogP contribution in [0.4, 0.5) is 5.95 Å². The zero-order valence-electron chi connectivity index (χ0n) is 12.8. The van der Waals surface area contributed by atoms with Gasteiger partial charge in [0.2, 0.25) is 5.95 Å². The van der Waals surface area contributed by atoms with Crippen molar-refractivity contribution >= 4 is 38.7 Å². The summed E-state index contributed by atoms with van der Waals surface area (Å²) < 4.78 is 8.27. The number of furan rings is 1. The van der Waals surface area contributed by atoms with E-state index >= 15 is 0 Å². The number of hydrogen-bond donors (Lipinski definition) is 1. The van der Waals surface area contributed by atoms with Crippen LogP contribution >= 0.6 is 11.3 Å². The lowest BCUT2D eigenvalue weighted by atomic mass is 10.2. The van der Waals surface area contributed by atoms with Crippen LogP contribution in [-0.2, 0) is 6.54 Å². The molecule has 5 rings (SSSR count). The van der Waals surface area contributed by atoms with Gasteiger partial charge in [-0.1, -0.05) is 11.3 Å². The number of rotatable bonds is 3. The number of aromatic nitrogens is 6. The summed E-state index contributed by atoms with van der Waals surface area (Å²) in [5.41, 5.74) is 11.4. The van der Waals surface area contributed by atoms with Crippen molar-refractivity contribution in [3.8, 4) is 11.5 Å². The van der Waals surface area contributed by atoms with Crippen LogP contribution in [0.3, 0.4) is 0 Å². The number of nitrogens with zero attached hydrogens (tertiary/aromatic N) is 6. The highest BCUT2D eigenvalue weighted by Crippen LogP contribution is 2.26. The summed E-state index contributed by atoms with van der Waals surface area (Å²) in [7, 11) is 0. The molecule has 0 unspecified atom stereocenters. The van der Waals surface area contributed by atoms with Crippen LogP contribution in [0.2, 0.25) is 0 Å². The van der Waals surface area contributed by atoms with E-state index in [-0.39, 0.29) is 5.95 Å². The molecule has 0 saturated heterocycles. The maximum absolute atomic E-state index is 5.87. The first-order valence-corrected chi connectivity index (χ1v) is 8.38. The van der Waals surface area contributed by atoms with Crippen LogP contribution in [0.25, 0.3) is 32.8 Å². The normalized spacial score (nSPS) is 11.5. The zero-order chi connectivity index (χ0) is 16.8. The number of fused-ring (bicyclic) bond motifs is 2. The third-order valence-corrected chi connectivity index (χ3v) is 4.67. The molecule has 0 aliphatic carbocycles. The van der Waals surface area contributed by atoms with Crippen LogP contribution in [0.5, 0.6) is 0 Å². The summed E-state index contributed by atoms with van der Waals surface area (Å²) in [5, 5.41) is 8.44. The van der Waals surface area contributed by atoms with Crippen molar-refractivity contribution in [3.63, 3.8) is 0 Å². The molecule has 0 saturated carbocycles. The highest BCUT2D eigenvalue weighted by Gasteiger charge is 2.17. The van der Waals surface area contributed by atoms with Gasteiger partial charge in [0.05, 0.1) is 28.5 Å². The van der Waals surface area contributed by atoms with Gasteiger partial charge in [0.25, 0.3) is 0 Å². The Morgan fingerprint density at radius 2 is 2.16 bits per heavy atom. The number of thiazole rings is 1. The minimum atomic E-state index is 0.150. The Kier molecular flexibility index (Phi) is 3.01. The fourth-order valence-corrected chi connectivity index (χ4v) is 3.40. The molecule has 4 aromatic heterocycles. The fraction of sp³-hybridized carbons (Fsp3) is 0.0625. The Morgan fingerprint density at radius 1 is 1.20 bits per heavy atom. The molecule has 8 nitrogen and oxygen atoms in total. The van der Waals surface area contributed by atoms with E-state index in [2.05, 4.69) is 31.3 Å². The van der Waals surface area contributed by atoms with Crippen molar-refractivity contribution in [2.75, 3.05) is 5.73 Å². The van der Waals surface area contributed by atoms with Gasteiger partial charge in [0.1, 0.15) is 5.69 Å². The second kappa shape index (κ2) is 5.35. The first kappa shape index (κ1) is 14.1. The molecule has 0 aliphatic heterocycles. The first-order chi connectivity index (χ1) is 12.3. The van der Waals surface area contributed by atoms with Gasteiger partial charge in [-0.2, -0.15) is 4.98 Å². The topological polar surface area (TPSA) is 109 Å². The lowest BCUT2D eigenvalue weighted by Gasteiger charge is -2.04. The molecule has 5 aromatic rings. The van der Waals surface area contributed by atoms with Crippen molar-refractivity contribution in [2.24, 2.45) is 0 Å². The molecule has 9 heteroatoms. The maximum atomic E-state index is 5.87. The van der Waals surface area contributed by atoms with E-state index in [4.69, 9.17) is 10.2 Å². The molecule has 0 fully saturated rings. The number of hydrogen-bond acceptors (Lipinski definition) is 8. The lowest BCUT2D eigenvalue weighted by Crippen LogP contribution is -2.05. The van der Waals surface area contributed by atoms with Gasteiger partial charge in [-0.3, -0.25) is 0 Å². The quantitative estimate of drug-likeness (QED) is 0.533. The molecule has 25 heavy (non-hydrogen) atoms. The number of anilines is 1. The van der Waals surface area contributed by atoms with Gasteiger partial charge in [-0.15, -0.1) is 16.4 Å². The summed E-state index contributed by atoms with van der Waals surface area (Å²) in [5.74, 6) is 0.729. The summed E-state index contributed by atoms with van der Waals surface area (Å²) >= 11 is 1.62. The average Bonchev–Trinajstić information content (AvgIpc) is 3.35. The Labute approximate surface area is 145 Å². The molecule has 0 atom stereocenters. The van der Waals surface area contributed by atoms with Gasteiger partial charge in [0.15, 0.2) is 16.9 Å². The van der Waals surface area contributed by atoms with Crippen LogP contribution in [0, 0.1) is 0 Å². The van der Waals surface area contributed by atoms with E-state index in [1.54, 1.807) is 34.4 Å². The Morgan fingerprint density at radius 3 is 3.04 bits per heavy atom. The van der Waals surface area contributed by atoms with Crippen LogP contribution in [0.15, 0.2) is 46.5 Å². The van der Waals surface area contributed by atoms with Crippen molar-refractivity contribution in [1.29, 1.82) is 0 Å². The van der Waals surface area contributed by atoms with Crippen LogP contribution in [-0.4, -0.2) is 29.9 Å². The molecule has 2 N–H and O–H groups in total. The maximum Gasteiger partial charge on any atom is 0.222 e. The van der Waals surface area contributed by atoms with Crippen molar-refractivity contribution in [1.82, 2.24) is 29.9 Å². The summed E-state index contributed by atoms with van der Waals surface area (Å²) in [6.45, 7) is 0.512. The Hall–Kier alpha value is -3.33. The van der Waals surface area contributed by atoms with E-state index in [0.29, 0.717) is 29.2 Å². The molecule has 0 spiro atoms. The second-order valence-electron chi connectivity index (χ2n) is 5.48. The first-order valence-electron chi connectivity index (χ1n) is 7.50. The standard InChI is InChI=1S/C16H11N7OS/c17-16-19-13(11-2-1-5-24-11)14-15(20-16)23(22-21-14)7-9-3-4-12-10(6-9)18-8-25-12/h1-6,8H,7H2,(H2,17,19,20). The minimum absolute atomic E-state index is 0.150. The van der Waals surface area contributed by atoms with Gasteiger partial charge >= 0.3 is 0 Å². The van der Waals surface area contributed by atoms with Gasteiger partial charge in [-0.05, 0) is 29.8 Å². The van der Waals surface area contributed by atoms with E-state index in [0.717, 1.165) is 15.8 Å². The lowest BCUT2D eigenvalue weighted by molar-refractivity contribution is 0.580. The molecule has 1 aromatic carbocycles. The van der Waals surface area contributed by atoms with Crippen molar-refractivity contribution in [2.45, 2.75) is 6.54 Å². The molecular formula is C16H11N7OS. The van der Waals surface area contributed by atoms with Crippen LogP contribution in [0.1, 0.15) is 5.56 Å². The average molecular weight is 349 g/mol. The van der Waals surface area contributed by atoms with Gasteiger partial charge < -0.3 is 10.2 Å². The SMILES string of the molecule is Nc1nc(-c2ccco2)c2nnn(Cc3ccc4scnc4c3)c2n1. The predicted molar refractivity (Wildman–Crippen MR) is 94.0 cm³/mol. The predicted octanol–water partition coefficient (Wildman–Crippen LogP) is 2.72. The van der Waals surface area contributed by atoms with Gasteiger partial charge in [0, 0.05) is 0 Å². The molecule has 4 heterocycles. The monoisotopic (exact) mass is 349 g/mol. The molecule has 122 valence electrons. The Balaban J connectivity index is 1.62. The second-order valence-corrected chi connectivity index (χ2v) is 6.37. The van der Waals surface area contributed by atoms with E-state index in [9.17, 15) is 0 Å². The minimum Gasteiger partial charge on any atom is -0.463 e.